The van der Waals surface area contributed by atoms with Crippen molar-refractivity contribution in [1.82, 2.24) is 15.1 Å². The summed E-state index contributed by atoms with van der Waals surface area (Å²) in [6, 6.07) is 14.7. The fourth-order valence-corrected chi connectivity index (χ4v) is 7.08. The maximum atomic E-state index is 14.1. The van der Waals surface area contributed by atoms with E-state index in [9.17, 15) is 19.5 Å². The highest BCUT2D eigenvalue weighted by molar-refractivity contribution is 6.02. The first-order valence-corrected chi connectivity index (χ1v) is 15.7. The van der Waals surface area contributed by atoms with Crippen molar-refractivity contribution in [2.75, 3.05) is 19.6 Å². The molecular formula is C34H45N3O5. The minimum Gasteiger partial charge on any atom is -0.489 e. The second-order valence-corrected chi connectivity index (χ2v) is 12.5. The summed E-state index contributed by atoms with van der Waals surface area (Å²) in [5, 5.41) is 12.5. The molecule has 2 N–H and O–H groups in total. The maximum Gasteiger partial charge on any atom is 0.335 e. The largest absolute Gasteiger partial charge is 0.489 e. The fourth-order valence-electron chi connectivity index (χ4n) is 7.08. The molecule has 2 amide bonds. The van der Waals surface area contributed by atoms with E-state index in [4.69, 9.17) is 4.74 Å². The van der Waals surface area contributed by atoms with Gasteiger partial charge in [-0.25, -0.2) is 4.79 Å². The third-order valence-corrected chi connectivity index (χ3v) is 9.75. The van der Waals surface area contributed by atoms with Crippen molar-refractivity contribution in [2.45, 2.75) is 95.9 Å². The molecule has 0 bridgehead atoms. The van der Waals surface area contributed by atoms with Crippen LogP contribution in [0.1, 0.15) is 93.1 Å². The zero-order valence-corrected chi connectivity index (χ0v) is 25.1. The average Bonchev–Trinajstić information content (AvgIpc) is 3.01. The van der Waals surface area contributed by atoms with Crippen LogP contribution in [-0.2, 0) is 22.7 Å². The zero-order chi connectivity index (χ0) is 29.7. The van der Waals surface area contributed by atoms with Gasteiger partial charge in [-0.15, -0.1) is 0 Å². The van der Waals surface area contributed by atoms with Gasteiger partial charge in [-0.1, -0.05) is 56.9 Å². The first-order valence-electron chi connectivity index (χ1n) is 15.7. The van der Waals surface area contributed by atoms with Crippen LogP contribution in [0.2, 0.25) is 0 Å². The minimum atomic E-state index is -0.952. The molecule has 1 atom stereocenters. The third-order valence-electron chi connectivity index (χ3n) is 9.75. The Labute approximate surface area is 249 Å². The monoisotopic (exact) mass is 575 g/mol. The Bertz CT molecular complexity index is 1260. The highest BCUT2D eigenvalue weighted by atomic mass is 16.5. The number of hydrogen-bond donors (Lipinski definition) is 2. The summed E-state index contributed by atoms with van der Waals surface area (Å²) in [5.41, 5.74) is 0.654. The number of amides is 2. The number of ether oxygens (including phenoxy) is 1. The predicted molar refractivity (Wildman–Crippen MR) is 161 cm³/mol. The van der Waals surface area contributed by atoms with E-state index in [0.29, 0.717) is 26.0 Å². The summed E-state index contributed by atoms with van der Waals surface area (Å²) in [5.74, 6) is 0.155. The number of likely N-dealkylation sites (tertiary alicyclic amines) is 1. The van der Waals surface area contributed by atoms with Crippen molar-refractivity contribution in [2.24, 2.45) is 5.92 Å². The number of carboxylic acids is 1. The van der Waals surface area contributed by atoms with Crippen LogP contribution in [0.3, 0.4) is 0 Å². The average molecular weight is 576 g/mol. The Hall–Kier alpha value is -3.39. The van der Waals surface area contributed by atoms with Crippen LogP contribution in [0, 0.1) is 5.92 Å². The van der Waals surface area contributed by atoms with Gasteiger partial charge in [-0.05, 0) is 80.3 Å². The van der Waals surface area contributed by atoms with E-state index in [0.717, 1.165) is 75.0 Å². The van der Waals surface area contributed by atoms with Gasteiger partial charge in [0.2, 0.25) is 11.8 Å². The Kier molecular flexibility index (Phi) is 9.21. The Morgan fingerprint density at radius 1 is 1.02 bits per heavy atom. The number of unbranched alkanes of at least 4 members (excludes halogenated alkanes) is 1. The lowest BCUT2D eigenvalue weighted by molar-refractivity contribution is -0.169. The number of aromatic carboxylic acids is 1. The number of rotatable bonds is 10. The summed E-state index contributed by atoms with van der Waals surface area (Å²) < 4.78 is 5.88. The maximum absolute atomic E-state index is 14.1. The van der Waals surface area contributed by atoms with Gasteiger partial charge in [0.05, 0.1) is 5.56 Å². The quantitative estimate of drug-likeness (QED) is 0.394. The van der Waals surface area contributed by atoms with Crippen LogP contribution in [0.4, 0.5) is 0 Å². The summed E-state index contributed by atoms with van der Waals surface area (Å²) in [6.45, 7) is 7.32. The standard InChI is InChI=1S/C34H45N3O5/c1-3-4-19-37-32(41)33(2,28-11-6-5-7-12-28)35-31(40)34(37)17-20-36(21-18-34)23-25-13-15-29(16-14-25)42-24-26-9-8-10-27(22-26)30(38)39/h8-10,13-16,22,28H,3-7,11-12,17-21,23-24H2,1-2H3,(H,35,40)(H,38,39)/t33-/m0/s1. The number of piperidine rings is 1. The number of carbonyl (C=O) groups excluding carboxylic acids is 2. The fraction of sp³-hybridized carbons (Fsp3) is 0.559. The van der Waals surface area contributed by atoms with Gasteiger partial charge in [0.25, 0.3) is 0 Å². The zero-order valence-electron chi connectivity index (χ0n) is 25.1. The Morgan fingerprint density at radius 2 is 1.74 bits per heavy atom. The van der Waals surface area contributed by atoms with Gasteiger partial charge in [-0.3, -0.25) is 14.5 Å². The van der Waals surface area contributed by atoms with E-state index < -0.39 is 17.0 Å². The number of nitrogens with one attached hydrogen (secondary N) is 1. The van der Waals surface area contributed by atoms with E-state index in [-0.39, 0.29) is 23.3 Å². The minimum absolute atomic E-state index is 0.0429. The Balaban J connectivity index is 1.20. The van der Waals surface area contributed by atoms with E-state index in [1.54, 1.807) is 18.2 Å². The molecule has 1 saturated carbocycles. The number of nitrogens with zero attached hydrogens (tertiary/aromatic N) is 2. The second kappa shape index (κ2) is 12.9. The van der Waals surface area contributed by atoms with Crippen molar-refractivity contribution in [3.05, 3.63) is 65.2 Å². The van der Waals surface area contributed by atoms with Gasteiger partial charge in [0, 0.05) is 26.2 Å². The lowest BCUT2D eigenvalue weighted by Crippen LogP contribution is -2.78. The molecule has 1 spiro atoms. The highest BCUT2D eigenvalue weighted by Gasteiger charge is 2.59. The normalized spacial score (nSPS) is 23.1. The molecule has 2 aromatic carbocycles. The van der Waals surface area contributed by atoms with Crippen LogP contribution in [0.5, 0.6) is 5.75 Å². The van der Waals surface area contributed by atoms with E-state index in [1.807, 2.05) is 42.2 Å². The number of benzene rings is 2. The molecule has 5 rings (SSSR count). The molecule has 2 aliphatic heterocycles. The van der Waals surface area contributed by atoms with Crippen molar-refractivity contribution >= 4 is 17.8 Å². The van der Waals surface area contributed by atoms with Gasteiger partial charge in [0.1, 0.15) is 23.4 Å². The van der Waals surface area contributed by atoms with Gasteiger partial charge < -0.3 is 20.1 Å². The van der Waals surface area contributed by atoms with Gasteiger partial charge in [-0.2, -0.15) is 0 Å². The first kappa shape index (κ1) is 30.1. The lowest BCUT2D eigenvalue weighted by Gasteiger charge is -2.56. The van der Waals surface area contributed by atoms with Crippen LogP contribution < -0.4 is 10.1 Å². The number of hydrogen-bond acceptors (Lipinski definition) is 5. The predicted octanol–water partition coefficient (Wildman–Crippen LogP) is 5.40. The third kappa shape index (κ3) is 6.19. The summed E-state index contributed by atoms with van der Waals surface area (Å²) in [4.78, 5) is 43.6. The molecular weight excluding hydrogens is 530 g/mol. The molecule has 2 saturated heterocycles. The lowest BCUT2D eigenvalue weighted by atomic mass is 9.70. The molecule has 3 fully saturated rings. The van der Waals surface area contributed by atoms with Crippen LogP contribution in [-0.4, -0.2) is 63.4 Å². The number of carboxylic acid groups (broad SMARTS) is 1. The van der Waals surface area contributed by atoms with Crippen molar-refractivity contribution in [3.8, 4) is 5.75 Å². The van der Waals surface area contributed by atoms with E-state index in [1.165, 1.54) is 6.42 Å². The van der Waals surface area contributed by atoms with E-state index in [2.05, 4.69) is 17.1 Å². The second-order valence-electron chi connectivity index (χ2n) is 12.5. The summed E-state index contributed by atoms with van der Waals surface area (Å²) >= 11 is 0. The molecule has 0 aromatic heterocycles. The smallest absolute Gasteiger partial charge is 0.335 e. The molecule has 8 heteroatoms. The molecule has 8 nitrogen and oxygen atoms in total. The summed E-state index contributed by atoms with van der Waals surface area (Å²) in [7, 11) is 0. The van der Waals surface area contributed by atoms with Gasteiger partial charge in [0.15, 0.2) is 0 Å². The summed E-state index contributed by atoms with van der Waals surface area (Å²) in [6.07, 6.45) is 8.68. The number of piperazine rings is 1. The molecule has 2 heterocycles. The van der Waals surface area contributed by atoms with Crippen LogP contribution in [0.15, 0.2) is 48.5 Å². The Morgan fingerprint density at radius 3 is 2.40 bits per heavy atom. The molecule has 226 valence electrons. The molecule has 3 aliphatic rings. The first-order chi connectivity index (χ1) is 20.2. The molecule has 2 aromatic rings. The molecule has 0 unspecified atom stereocenters. The van der Waals surface area contributed by atoms with Crippen molar-refractivity contribution in [3.63, 3.8) is 0 Å². The van der Waals surface area contributed by atoms with Gasteiger partial charge >= 0.3 is 5.97 Å². The van der Waals surface area contributed by atoms with Crippen molar-refractivity contribution < 1.29 is 24.2 Å². The molecule has 1 aliphatic carbocycles. The van der Waals surface area contributed by atoms with Crippen LogP contribution >= 0.6 is 0 Å². The molecule has 42 heavy (non-hydrogen) atoms. The van der Waals surface area contributed by atoms with E-state index >= 15 is 0 Å². The number of carbonyl (C=O) groups is 3. The van der Waals surface area contributed by atoms with Crippen LogP contribution in [0.25, 0.3) is 0 Å². The molecule has 0 radical (unpaired) electrons. The van der Waals surface area contributed by atoms with Crippen molar-refractivity contribution in [1.29, 1.82) is 0 Å². The SMILES string of the molecule is CCCCN1C(=O)[C@](C)(C2CCCCC2)NC(=O)C12CCN(Cc1ccc(OCc3cccc(C(=O)O)c3)cc1)CC2. The highest BCUT2D eigenvalue weighted by Crippen LogP contribution is 2.41. The topological polar surface area (TPSA) is 99.2 Å².